The number of hydrogen-bond acceptors (Lipinski definition) is 1. The highest BCUT2D eigenvalue weighted by Crippen LogP contribution is 2.30. The highest BCUT2D eigenvalue weighted by atomic mass is 32.2. The van der Waals surface area contributed by atoms with Crippen molar-refractivity contribution in [2.75, 3.05) is 7.05 Å². The Labute approximate surface area is 148 Å². The largest absolute Gasteiger partial charge is 0.301 e. The zero-order valence-corrected chi connectivity index (χ0v) is 15.1. The molecule has 0 N–H and O–H groups in total. The molecule has 0 aliphatic heterocycles. The van der Waals surface area contributed by atoms with Gasteiger partial charge in [0.15, 0.2) is 14.7 Å². The summed E-state index contributed by atoms with van der Waals surface area (Å²) < 4.78 is 0. The van der Waals surface area contributed by atoms with Gasteiger partial charge in [-0.25, -0.2) is 0 Å². The third-order valence-electron chi connectivity index (χ3n) is 3.30. The third kappa shape index (κ3) is 5.39. The van der Waals surface area contributed by atoms with Crippen LogP contribution in [0.25, 0.3) is 0 Å². The van der Waals surface area contributed by atoms with E-state index in [4.69, 9.17) is 0 Å². The monoisotopic (exact) mass is 334 g/mol. The van der Waals surface area contributed by atoms with E-state index in [0.717, 1.165) is 6.42 Å². The first-order chi connectivity index (χ1) is 11.9. The molecule has 2 heteroatoms. The second-order valence-corrected chi connectivity index (χ2v) is 7.12. The fourth-order valence-corrected chi connectivity index (χ4v) is 4.36. The number of aliphatic imine (C=N–C) groups is 1. The zero-order chi connectivity index (χ0) is 17.0. The Morgan fingerprint density at radius 2 is 1.00 bits per heavy atom. The molecule has 0 spiro atoms. The van der Waals surface area contributed by atoms with Gasteiger partial charge in [-0.05, 0) is 49.0 Å². The molecule has 122 valence electrons. The smallest absolute Gasteiger partial charge is 0.166 e. The maximum atomic E-state index is 3.73. The summed E-state index contributed by atoms with van der Waals surface area (Å²) in [4.78, 5) is 7.81. The Bertz CT molecular complexity index is 615. The van der Waals surface area contributed by atoms with Gasteiger partial charge in [0.05, 0.1) is 10.9 Å². The fourth-order valence-electron chi connectivity index (χ4n) is 2.26. The molecule has 0 aromatic heterocycles. The SMILES string of the molecule is CCC=NC.c1ccc([S+](c2ccccc2)c2ccccc2)cc1. The minimum Gasteiger partial charge on any atom is -0.301 e. The molecule has 3 rings (SSSR count). The average molecular weight is 335 g/mol. The van der Waals surface area contributed by atoms with Gasteiger partial charge in [-0.1, -0.05) is 61.5 Å². The molecule has 3 aromatic rings. The van der Waals surface area contributed by atoms with E-state index in [0.29, 0.717) is 0 Å². The standard InChI is InChI=1S/C18H15S.C4H9N/c1-4-10-16(11-5-1)19(17-12-6-2-7-13-17)18-14-8-3-9-15-18;1-3-4-5-2/h1-15H;4H,3H2,1-2H3/q+1;. The molecule has 24 heavy (non-hydrogen) atoms. The van der Waals surface area contributed by atoms with E-state index in [9.17, 15) is 0 Å². The van der Waals surface area contributed by atoms with Crippen LogP contribution in [0.2, 0.25) is 0 Å². The maximum Gasteiger partial charge on any atom is 0.166 e. The van der Waals surface area contributed by atoms with Crippen LogP contribution in [0.15, 0.2) is 111 Å². The predicted octanol–water partition coefficient (Wildman–Crippen LogP) is 5.88. The van der Waals surface area contributed by atoms with E-state index in [-0.39, 0.29) is 10.9 Å². The molecule has 0 saturated carbocycles. The Morgan fingerprint density at radius 3 is 1.21 bits per heavy atom. The van der Waals surface area contributed by atoms with Crippen molar-refractivity contribution in [1.29, 1.82) is 0 Å². The number of hydrogen-bond donors (Lipinski definition) is 0. The van der Waals surface area contributed by atoms with Crippen LogP contribution in [0.1, 0.15) is 13.3 Å². The van der Waals surface area contributed by atoms with Crippen molar-refractivity contribution in [2.45, 2.75) is 28.0 Å². The molecule has 0 fully saturated rings. The maximum absolute atomic E-state index is 3.73. The van der Waals surface area contributed by atoms with Crippen LogP contribution < -0.4 is 0 Å². The number of nitrogens with zero attached hydrogens (tertiary/aromatic N) is 1. The summed E-state index contributed by atoms with van der Waals surface area (Å²) in [6.45, 7) is 2.06. The summed E-state index contributed by atoms with van der Waals surface area (Å²) in [7, 11) is 1.77. The second-order valence-electron chi connectivity index (χ2n) is 5.09. The molecule has 0 atom stereocenters. The summed E-state index contributed by atoms with van der Waals surface area (Å²) in [5.41, 5.74) is 0. The predicted molar refractivity (Wildman–Crippen MR) is 106 cm³/mol. The van der Waals surface area contributed by atoms with Gasteiger partial charge in [-0.15, -0.1) is 0 Å². The van der Waals surface area contributed by atoms with Crippen molar-refractivity contribution in [1.82, 2.24) is 0 Å². The molecule has 3 aromatic carbocycles. The van der Waals surface area contributed by atoms with E-state index in [1.54, 1.807) is 7.05 Å². The zero-order valence-electron chi connectivity index (χ0n) is 14.3. The second kappa shape index (κ2) is 10.5. The Morgan fingerprint density at radius 1 is 0.667 bits per heavy atom. The average Bonchev–Trinajstić information content (AvgIpc) is 2.66. The van der Waals surface area contributed by atoms with E-state index >= 15 is 0 Å². The van der Waals surface area contributed by atoms with Crippen molar-refractivity contribution in [3.8, 4) is 0 Å². The van der Waals surface area contributed by atoms with Crippen LogP contribution in [0.4, 0.5) is 0 Å². The Balaban J connectivity index is 0.000000368. The number of benzene rings is 3. The van der Waals surface area contributed by atoms with Crippen LogP contribution in [-0.4, -0.2) is 13.3 Å². The van der Waals surface area contributed by atoms with Crippen molar-refractivity contribution in [3.05, 3.63) is 91.0 Å². The lowest BCUT2D eigenvalue weighted by Crippen LogP contribution is -2.04. The lowest BCUT2D eigenvalue weighted by molar-refractivity contribution is 1.29. The van der Waals surface area contributed by atoms with Gasteiger partial charge in [0, 0.05) is 7.05 Å². The van der Waals surface area contributed by atoms with Crippen LogP contribution >= 0.6 is 0 Å². The molecule has 0 aliphatic rings. The molecule has 0 saturated heterocycles. The van der Waals surface area contributed by atoms with Crippen LogP contribution in [0.3, 0.4) is 0 Å². The van der Waals surface area contributed by atoms with Crippen molar-refractivity contribution >= 4 is 17.1 Å². The van der Waals surface area contributed by atoms with E-state index in [2.05, 4.69) is 103 Å². The minimum atomic E-state index is -0.0146. The quantitative estimate of drug-likeness (QED) is 0.417. The van der Waals surface area contributed by atoms with Gasteiger partial charge in [-0.3, -0.25) is 0 Å². The van der Waals surface area contributed by atoms with Gasteiger partial charge in [0.25, 0.3) is 0 Å². The van der Waals surface area contributed by atoms with Gasteiger partial charge in [0.2, 0.25) is 0 Å². The van der Waals surface area contributed by atoms with Gasteiger partial charge < -0.3 is 4.99 Å². The lowest BCUT2D eigenvalue weighted by Gasteiger charge is -2.07. The molecular formula is C22H24NS+. The summed E-state index contributed by atoms with van der Waals surface area (Å²) in [5.74, 6) is 0. The molecule has 0 aliphatic carbocycles. The molecule has 1 nitrogen and oxygen atoms in total. The van der Waals surface area contributed by atoms with Crippen molar-refractivity contribution in [3.63, 3.8) is 0 Å². The van der Waals surface area contributed by atoms with E-state index in [1.165, 1.54) is 14.7 Å². The molecule has 0 radical (unpaired) electrons. The van der Waals surface area contributed by atoms with Crippen molar-refractivity contribution < 1.29 is 0 Å². The highest BCUT2D eigenvalue weighted by molar-refractivity contribution is 7.97. The first kappa shape index (κ1) is 18.0. The fraction of sp³-hybridized carbons (Fsp3) is 0.136. The third-order valence-corrected chi connectivity index (χ3v) is 5.53. The van der Waals surface area contributed by atoms with Crippen molar-refractivity contribution in [2.24, 2.45) is 4.99 Å². The van der Waals surface area contributed by atoms with E-state index in [1.807, 2.05) is 6.21 Å². The normalized spacial score (nSPS) is 10.5. The van der Waals surface area contributed by atoms with Crippen LogP contribution in [0.5, 0.6) is 0 Å². The highest BCUT2D eigenvalue weighted by Gasteiger charge is 2.27. The minimum absolute atomic E-state index is 0.0146. The molecular weight excluding hydrogens is 310 g/mol. The van der Waals surface area contributed by atoms with Crippen LogP contribution in [0, 0.1) is 0 Å². The molecule has 0 bridgehead atoms. The summed E-state index contributed by atoms with van der Waals surface area (Å²) in [6, 6.07) is 32.2. The summed E-state index contributed by atoms with van der Waals surface area (Å²) in [6.07, 6.45) is 2.93. The van der Waals surface area contributed by atoms with Gasteiger partial charge in [-0.2, -0.15) is 0 Å². The first-order valence-electron chi connectivity index (χ1n) is 8.17. The van der Waals surface area contributed by atoms with Gasteiger partial charge >= 0.3 is 0 Å². The molecule has 0 heterocycles. The van der Waals surface area contributed by atoms with E-state index < -0.39 is 0 Å². The molecule has 0 amide bonds. The Kier molecular flexibility index (Phi) is 7.85. The first-order valence-corrected chi connectivity index (χ1v) is 9.39. The molecule has 0 unspecified atom stereocenters. The lowest BCUT2D eigenvalue weighted by atomic mass is 10.4. The summed E-state index contributed by atoms with van der Waals surface area (Å²) in [5, 5.41) is 0. The van der Waals surface area contributed by atoms with Gasteiger partial charge in [0.1, 0.15) is 0 Å². The number of rotatable bonds is 4. The topological polar surface area (TPSA) is 12.4 Å². The Hall–Kier alpha value is -2.32. The van der Waals surface area contributed by atoms with Crippen LogP contribution in [-0.2, 0) is 10.9 Å². The summed E-state index contributed by atoms with van der Waals surface area (Å²) >= 11 is 0.